The van der Waals surface area contributed by atoms with Gasteiger partial charge in [0.15, 0.2) is 0 Å². The van der Waals surface area contributed by atoms with Crippen molar-refractivity contribution in [1.82, 2.24) is 0 Å². The molecule has 0 aliphatic heterocycles. The molecule has 10 heavy (non-hydrogen) atoms. The number of hydrogen-bond acceptors (Lipinski definition) is 1. The van der Waals surface area contributed by atoms with Crippen LogP contribution < -0.4 is 0 Å². The van der Waals surface area contributed by atoms with Gasteiger partial charge in [-0.2, -0.15) is 0 Å². The summed E-state index contributed by atoms with van der Waals surface area (Å²) < 4.78 is 11.0. The first-order valence-electron chi connectivity index (χ1n) is 3.80. The van der Waals surface area contributed by atoms with Crippen LogP contribution in [-0.4, -0.2) is 16.1 Å². The predicted molar refractivity (Wildman–Crippen MR) is 47.6 cm³/mol. The molecule has 0 aliphatic carbocycles. The van der Waals surface area contributed by atoms with Gasteiger partial charge in [0.2, 0.25) is 0 Å². The molecule has 0 bridgehead atoms. The zero-order valence-corrected chi connectivity index (χ0v) is 8.25. The fraction of sp³-hybridized carbons (Fsp3) is 1.00. The molecule has 0 N–H and O–H groups in total. The topological polar surface area (TPSA) is 23.1 Å². The lowest BCUT2D eigenvalue weighted by molar-refractivity contribution is 0.397. The van der Waals surface area contributed by atoms with Gasteiger partial charge in [-0.3, -0.25) is 0 Å². The van der Waals surface area contributed by atoms with Crippen molar-refractivity contribution in [2.75, 3.05) is 11.5 Å². The lowest BCUT2D eigenvalue weighted by Gasteiger charge is -2.18. The van der Waals surface area contributed by atoms with Crippen LogP contribution in [0.4, 0.5) is 0 Å². The Morgan fingerprint density at radius 3 is 2.10 bits per heavy atom. The Morgan fingerprint density at radius 1 is 1.30 bits per heavy atom. The van der Waals surface area contributed by atoms with E-state index in [1.807, 2.05) is 6.92 Å². The van der Waals surface area contributed by atoms with E-state index < -0.39 is 11.2 Å². The monoisotopic (exact) mass is 162 g/mol. The second kappa shape index (κ2) is 4.24. The van der Waals surface area contributed by atoms with Crippen LogP contribution in [0.5, 0.6) is 0 Å². The van der Waals surface area contributed by atoms with E-state index >= 15 is 0 Å². The van der Waals surface area contributed by atoms with Gasteiger partial charge in [0, 0.05) is 0 Å². The molecule has 0 rings (SSSR count). The van der Waals surface area contributed by atoms with Gasteiger partial charge in [-0.15, -0.1) is 0 Å². The fourth-order valence-electron chi connectivity index (χ4n) is 0.564. The third-order valence-corrected chi connectivity index (χ3v) is 2.71. The van der Waals surface area contributed by atoms with Crippen molar-refractivity contribution in [2.45, 2.75) is 34.1 Å². The highest BCUT2D eigenvalue weighted by atomic mass is 32.2. The molecule has 0 radical (unpaired) electrons. The summed E-state index contributed by atoms with van der Waals surface area (Å²) in [6.07, 6.45) is 1.06. The van der Waals surface area contributed by atoms with Crippen LogP contribution >= 0.6 is 0 Å². The summed E-state index contributed by atoms with van der Waals surface area (Å²) in [6.45, 7) is 8.51. The van der Waals surface area contributed by atoms with Gasteiger partial charge in [-0.1, -0.05) is 31.9 Å². The average Bonchev–Trinajstić information content (AvgIpc) is 1.81. The summed E-state index contributed by atoms with van der Waals surface area (Å²) in [4.78, 5) is 0. The maximum absolute atomic E-state index is 11.0. The van der Waals surface area contributed by atoms with Crippen molar-refractivity contribution in [3.05, 3.63) is 0 Å². The first-order chi connectivity index (χ1) is 4.45. The van der Waals surface area contributed by atoms with Crippen LogP contribution in [-0.2, 0) is 11.2 Å². The van der Waals surface area contributed by atoms with Crippen LogP contribution in [0, 0.1) is 5.41 Å². The second-order valence-electron chi connectivity index (χ2n) is 3.74. The largest absolute Gasteiger partial charge is 0.616 e. The summed E-state index contributed by atoms with van der Waals surface area (Å²) in [6, 6.07) is 0. The third kappa shape index (κ3) is 6.43. The van der Waals surface area contributed by atoms with Gasteiger partial charge in [0.1, 0.15) is 11.5 Å². The molecule has 1 unspecified atom stereocenters. The molecule has 1 atom stereocenters. The van der Waals surface area contributed by atoms with E-state index in [0.29, 0.717) is 5.41 Å². The quantitative estimate of drug-likeness (QED) is 0.583. The zero-order chi connectivity index (χ0) is 8.20. The Kier molecular flexibility index (Phi) is 4.37. The predicted octanol–water partition coefficient (Wildman–Crippen LogP) is 2.19. The highest BCUT2D eigenvalue weighted by Crippen LogP contribution is 2.19. The molecular formula is C8H18OS. The lowest BCUT2D eigenvalue weighted by Crippen LogP contribution is -2.15. The molecule has 0 aromatic heterocycles. The number of hydrogen-bond donors (Lipinski definition) is 0. The van der Waals surface area contributed by atoms with Gasteiger partial charge in [0.05, 0.1) is 0 Å². The second-order valence-corrected chi connectivity index (χ2v) is 5.61. The van der Waals surface area contributed by atoms with E-state index in [4.69, 9.17) is 0 Å². The molecule has 0 spiro atoms. The van der Waals surface area contributed by atoms with Gasteiger partial charge >= 0.3 is 0 Å². The van der Waals surface area contributed by atoms with E-state index in [2.05, 4.69) is 20.8 Å². The standard InChI is InChI=1S/C8H18OS/c1-5-10(9)7-6-8(2,3)4/h5-7H2,1-4H3. The van der Waals surface area contributed by atoms with Crippen molar-refractivity contribution in [1.29, 1.82) is 0 Å². The molecule has 0 heterocycles. The summed E-state index contributed by atoms with van der Waals surface area (Å²) in [5, 5.41) is 0. The highest BCUT2D eigenvalue weighted by Gasteiger charge is 2.13. The molecule has 0 saturated carbocycles. The van der Waals surface area contributed by atoms with Crippen LogP contribution in [0.15, 0.2) is 0 Å². The Labute approximate surface area is 67.4 Å². The molecule has 0 amide bonds. The molecular weight excluding hydrogens is 144 g/mol. The van der Waals surface area contributed by atoms with Gasteiger partial charge in [0.25, 0.3) is 0 Å². The maximum atomic E-state index is 11.0. The lowest BCUT2D eigenvalue weighted by atomic mass is 9.94. The van der Waals surface area contributed by atoms with Crippen molar-refractivity contribution < 1.29 is 4.55 Å². The first kappa shape index (κ1) is 10.3. The summed E-state index contributed by atoms with van der Waals surface area (Å²) in [7, 11) is 0. The highest BCUT2D eigenvalue weighted by molar-refractivity contribution is 7.91. The summed E-state index contributed by atoms with van der Waals surface area (Å²) >= 11 is -0.573. The summed E-state index contributed by atoms with van der Waals surface area (Å²) in [5.74, 6) is 1.66. The molecule has 0 saturated heterocycles. The molecule has 62 valence electrons. The van der Waals surface area contributed by atoms with Crippen molar-refractivity contribution in [3.63, 3.8) is 0 Å². The Balaban J connectivity index is 3.36. The number of rotatable bonds is 3. The van der Waals surface area contributed by atoms with Gasteiger partial charge < -0.3 is 4.55 Å². The van der Waals surface area contributed by atoms with Crippen molar-refractivity contribution in [2.24, 2.45) is 5.41 Å². The van der Waals surface area contributed by atoms with Crippen LogP contribution in [0.2, 0.25) is 0 Å². The third-order valence-electron chi connectivity index (χ3n) is 1.40. The zero-order valence-electron chi connectivity index (χ0n) is 7.44. The normalized spacial score (nSPS) is 15.3. The van der Waals surface area contributed by atoms with Crippen molar-refractivity contribution in [3.8, 4) is 0 Å². The van der Waals surface area contributed by atoms with Crippen LogP contribution in [0.25, 0.3) is 0 Å². The molecule has 0 aromatic rings. The summed E-state index contributed by atoms with van der Waals surface area (Å²) in [5.41, 5.74) is 0.338. The smallest absolute Gasteiger partial charge is 0.106 e. The molecule has 0 aromatic carbocycles. The Morgan fingerprint density at radius 2 is 1.80 bits per heavy atom. The Bertz CT molecular complexity index is 85.7. The Hall–Kier alpha value is 0.310. The van der Waals surface area contributed by atoms with E-state index in [-0.39, 0.29) is 0 Å². The van der Waals surface area contributed by atoms with Crippen LogP contribution in [0.1, 0.15) is 34.1 Å². The first-order valence-corrected chi connectivity index (χ1v) is 5.29. The SMILES string of the molecule is CC[S+]([O-])CCC(C)(C)C. The molecule has 0 fully saturated rings. The minimum atomic E-state index is -0.573. The van der Waals surface area contributed by atoms with Gasteiger partial charge in [-0.25, -0.2) is 0 Å². The van der Waals surface area contributed by atoms with E-state index in [1.54, 1.807) is 0 Å². The van der Waals surface area contributed by atoms with E-state index in [9.17, 15) is 4.55 Å². The average molecular weight is 162 g/mol. The van der Waals surface area contributed by atoms with Crippen LogP contribution in [0.3, 0.4) is 0 Å². The minimum absolute atomic E-state index is 0.338. The maximum Gasteiger partial charge on any atom is 0.106 e. The minimum Gasteiger partial charge on any atom is -0.616 e. The molecule has 2 heteroatoms. The fourth-order valence-corrected chi connectivity index (χ4v) is 1.69. The van der Waals surface area contributed by atoms with E-state index in [0.717, 1.165) is 17.9 Å². The molecule has 1 nitrogen and oxygen atoms in total. The van der Waals surface area contributed by atoms with Gasteiger partial charge in [-0.05, 0) is 18.8 Å². The molecule has 0 aliphatic rings. The van der Waals surface area contributed by atoms with Crippen molar-refractivity contribution >= 4 is 11.2 Å². The van der Waals surface area contributed by atoms with E-state index in [1.165, 1.54) is 0 Å².